The Balaban J connectivity index is 0. The van der Waals surface area contributed by atoms with Crippen molar-refractivity contribution in [2.75, 3.05) is 13.3 Å². The fourth-order valence-corrected chi connectivity index (χ4v) is 1.33. The molecule has 0 aromatic heterocycles. The van der Waals surface area contributed by atoms with Gasteiger partial charge < -0.3 is 5.32 Å². The average Bonchev–Trinajstić information content (AvgIpc) is 2.48. The van der Waals surface area contributed by atoms with Crippen LogP contribution in [-0.2, 0) is 0 Å². The van der Waals surface area contributed by atoms with E-state index in [0.717, 1.165) is 0 Å². The molecule has 1 rings (SSSR count). The summed E-state index contributed by atoms with van der Waals surface area (Å²) in [5.74, 6) is -0.124. The first-order chi connectivity index (χ1) is 9.19. The Hall–Kier alpha value is -1.29. The summed E-state index contributed by atoms with van der Waals surface area (Å²) in [6, 6.07) is 9.07. The first-order valence-corrected chi connectivity index (χ1v) is 7.79. The van der Waals surface area contributed by atoms with Crippen molar-refractivity contribution < 1.29 is 4.79 Å². The quantitative estimate of drug-likeness (QED) is 0.619. The monoisotopic (exact) mass is 282 g/mol. The van der Waals surface area contributed by atoms with E-state index in [0.29, 0.717) is 10.7 Å². The van der Waals surface area contributed by atoms with Crippen molar-refractivity contribution in [3.8, 4) is 0 Å². The Morgan fingerprint density at radius 3 is 2.05 bits per heavy atom. The number of hydrogen-bond donors (Lipinski definition) is 1. The summed E-state index contributed by atoms with van der Waals surface area (Å²) in [4.78, 5) is 15.5. The third kappa shape index (κ3) is 10.3. The van der Waals surface area contributed by atoms with Crippen LogP contribution in [0.15, 0.2) is 35.3 Å². The fraction of sp³-hybridized carbons (Fsp3) is 0.467. The Morgan fingerprint density at radius 2 is 1.68 bits per heavy atom. The van der Waals surface area contributed by atoms with E-state index < -0.39 is 0 Å². The predicted molar refractivity (Wildman–Crippen MR) is 88.1 cm³/mol. The summed E-state index contributed by atoms with van der Waals surface area (Å²) in [7, 11) is 1.65. The van der Waals surface area contributed by atoms with Crippen LogP contribution in [0.1, 0.15) is 44.5 Å². The van der Waals surface area contributed by atoms with Crippen molar-refractivity contribution >= 4 is 22.8 Å². The van der Waals surface area contributed by atoms with Gasteiger partial charge in [-0.3, -0.25) is 9.79 Å². The van der Waals surface area contributed by atoms with Crippen molar-refractivity contribution in [2.24, 2.45) is 4.99 Å². The van der Waals surface area contributed by atoms with Gasteiger partial charge in [-0.05, 0) is 18.4 Å². The Labute approximate surface area is 121 Å². The first kappa shape index (κ1) is 20.0. The number of hydrogen-bond acceptors (Lipinski definition) is 3. The second kappa shape index (κ2) is 14.8. The van der Waals surface area contributed by atoms with Crippen LogP contribution >= 0.6 is 11.8 Å². The molecule has 0 aliphatic carbocycles. The lowest BCUT2D eigenvalue weighted by Gasteiger charge is -2.04. The van der Waals surface area contributed by atoms with Gasteiger partial charge in [0.2, 0.25) is 0 Å². The number of carbonyl (C=O) groups is 1. The molecule has 0 saturated heterocycles. The number of amides is 1. The largest absolute Gasteiger partial charge is 0.301 e. The lowest BCUT2D eigenvalue weighted by atomic mass is 10.2. The highest BCUT2D eigenvalue weighted by atomic mass is 32.2. The lowest BCUT2D eigenvalue weighted by Crippen LogP contribution is -2.27. The number of nitrogens with one attached hydrogen (secondary N) is 1. The number of amidine groups is 1. The number of benzene rings is 1. The predicted octanol–water partition coefficient (Wildman–Crippen LogP) is 4.21. The standard InChI is InChI=1S/C10H12N2OS.C3H8.C2H6/c1-11-10(14-2)12-9(13)8-6-4-3-5-7-8;1-3-2;1-2/h3-7H,1-2H3,(H,11,12,13);3H2,1-2H3;1-2H3. The summed E-state index contributed by atoms with van der Waals surface area (Å²) in [5.41, 5.74) is 0.641. The maximum absolute atomic E-state index is 11.6. The van der Waals surface area contributed by atoms with E-state index in [2.05, 4.69) is 24.2 Å². The molecule has 19 heavy (non-hydrogen) atoms. The molecule has 0 radical (unpaired) electrons. The molecule has 1 aromatic carbocycles. The molecule has 4 heteroatoms. The van der Waals surface area contributed by atoms with E-state index in [1.807, 2.05) is 38.3 Å². The molecule has 1 amide bonds. The third-order valence-corrected chi connectivity index (χ3v) is 2.32. The van der Waals surface area contributed by atoms with E-state index in [1.165, 1.54) is 18.2 Å². The number of thioether (sulfide) groups is 1. The average molecular weight is 282 g/mol. The molecule has 0 fully saturated rings. The maximum atomic E-state index is 11.6. The van der Waals surface area contributed by atoms with E-state index in [4.69, 9.17) is 0 Å². The van der Waals surface area contributed by atoms with Crippen molar-refractivity contribution in [2.45, 2.75) is 34.1 Å². The molecular weight excluding hydrogens is 256 g/mol. The number of carbonyl (C=O) groups excluding carboxylic acids is 1. The van der Waals surface area contributed by atoms with Gasteiger partial charge >= 0.3 is 0 Å². The zero-order valence-electron chi connectivity index (χ0n) is 12.9. The zero-order valence-corrected chi connectivity index (χ0v) is 13.7. The van der Waals surface area contributed by atoms with Crippen LogP contribution in [0.2, 0.25) is 0 Å². The van der Waals surface area contributed by atoms with Crippen molar-refractivity contribution in [3.05, 3.63) is 35.9 Å². The first-order valence-electron chi connectivity index (χ1n) is 6.56. The van der Waals surface area contributed by atoms with Gasteiger partial charge in [-0.2, -0.15) is 0 Å². The van der Waals surface area contributed by atoms with Crippen LogP contribution in [-0.4, -0.2) is 24.4 Å². The second-order valence-electron chi connectivity index (χ2n) is 3.26. The second-order valence-corrected chi connectivity index (χ2v) is 4.06. The minimum atomic E-state index is -0.124. The Bertz CT molecular complexity index is 350. The third-order valence-electron chi connectivity index (χ3n) is 1.65. The summed E-state index contributed by atoms with van der Waals surface area (Å²) < 4.78 is 0. The van der Waals surface area contributed by atoms with Crippen LogP contribution in [0.5, 0.6) is 0 Å². The maximum Gasteiger partial charge on any atom is 0.257 e. The summed E-state index contributed by atoms with van der Waals surface area (Å²) >= 11 is 1.41. The Morgan fingerprint density at radius 1 is 1.21 bits per heavy atom. The molecule has 0 aliphatic heterocycles. The molecule has 1 N–H and O–H groups in total. The van der Waals surface area contributed by atoms with Crippen molar-refractivity contribution in [1.82, 2.24) is 5.32 Å². The molecule has 0 saturated carbocycles. The van der Waals surface area contributed by atoms with Crippen LogP contribution in [0.3, 0.4) is 0 Å². The van der Waals surface area contributed by atoms with E-state index in [-0.39, 0.29) is 5.91 Å². The smallest absolute Gasteiger partial charge is 0.257 e. The molecular formula is C15H26N2OS. The Kier molecular flexibility index (Phi) is 15.6. The highest BCUT2D eigenvalue weighted by molar-refractivity contribution is 8.13. The van der Waals surface area contributed by atoms with Gasteiger partial charge in [-0.1, -0.05) is 64.1 Å². The highest BCUT2D eigenvalue weighted by Gasteiger charge is 2.05. The molecule has 1 aromatic rings. The van der Waals surface area contributed by atoms with Gasteiger partial charge in [0, 0.05) is 12.6 Å². The minimum Gasteiger partial charge on any atom is -0.301 e. The van der Waals surface area contributed by atoms with Crippen LogP contribution < -0.4 is 5.32 Å². The molecule has 0 bridgehead atoms. The van der Waals surface area contributed by atoms with Gasteiger partial charge in [0.05, 0.1) is 0 Å². The van der Waals surface area contributed by atoms with Crippen molar-refractivity contribution in [1.29, 1.82) is 0 Å². The summed E-state index contributed by atoms with van der Waals surface area (Å²) in [5, 5.41) is 3.33. The van der Waals surface area contributed by atoms with E-state index >= 15 is 0 Å². The van der Waals surface area contributed by atoms with Gasteiger partial charge in [0.1, 0.15) is 0 Å². The molecule has 3 nitrogen and oxygen atoms in total. The SMILES string of the molecule is CC.CCC.CN=C(NC(=O)c1ccccc1)SC. The van der Waals surface area contributed by atoms with Gasteiger partial charge in [-0.15, -0.1) is 0 Å². The van der Waals surface area contributed by atoms with Gasteiger partial charge in [-0.25, -0.2) is 0 Å². The van der Waals surface area contributed by atoms with Crippen LogP contribution in [0, 0.1) is 0 Å². The molecule has 0 spiro atoms. The molecule has 0 aliphatic rings. The lowest BCUT2D eigenvalue weighted by molar-refractivity contribution is 0.0978. The van der Waals surface area contributed by atoms with Crippen molar-refractivity contribution in [3.63, 3.8) is 0 Å². The fourth-order valence-electron chi connectivity index (χ4n) is 0.957. The molecule has 108 valence electrons. The normalized spacial score (nSPS) is 9.47. The highest BCUT2D eigenvalue weighted by Crippen LogP contribution is 2.00. The van der Waals surface area contributed by atoms with E-state index in [1.54, 1.807) is 19.2 Å². The van der Waals surface area contributed by atoms with E-state index in [9.17, 15) is 4.79 Å². The topological polar surface area (TPSA) is 41.5 Å². The number of nitrogens with zero attached hydrogens (tertiary/aromatic N) is 1. The number of rotatable bonds is 1. The van der Waals surface area contributed by atoms with Crippen LogP contribution in [0.25, 0.3) is 0 Å². The van der Waals surface area contributed by atoms with Gasteiger partial charge in [0.25, 0.3) is 5.91 Å². The molecule has 0 heterocycles. The van der Waals surface area contributed by atoms with Gasteiger partial charge in [0.15, 0.2) is 5.17 Å². The zero-order chi connectivity index (χ0) is 15.1. The number of aliphatic imine (C=N–C) groups is 1. The summed E-state index contributed by atoms with van der Waals surface area (Å²) in [6.45, 7) is 8.25. The van der Waals surface area contributed by atoms with Crippen LogP contribution in [0.4, 0.5) is 0 Å². The molecule has 0 atom stereocenters. The minimum absolute atomic E-state index is 0.124. The summed E-state index contributed by atoms with van der Waals surface area (Å²) in [6.07, 6.45) is 3.12. The molecule has 0 unspecified atom stereocenters.